The summed E-state index contributed by atoms with van der Waals surface area (Å²) in [7, 11) is 0.261. The Morgan fingerprint density at radius 3 is 2.75 bits per heavy atom. The minimum atomic E-state index is -3.58. The van der Waals surface area contributed by atoms with Gasteiger partial charge in [0.15, 0.2) is 0 Å². The molecule has 0 amide bonds. The van der Waals surface area contributed by atoms with E-state index in [-0.39, 0.29) is 5.41 Å². The Balaban J connectivity index is 1.71. The number of piperidine rings is 1. The molecule has 150 valence electrons. The van der Waals surface area contributed by atoms with Crippen LogP contribution in [0.3, 0.4) is 0 Å². The van der Waals surface area contributed by atoms with Crippen LogP contribution < -0.4 is 4.90 Å². The molecule has 1 saturated heterocycles. The molecule has 1 aromatic carbocycles. The smallest absolute Gasteiger partial charge is 0.243 e. The van der Waals surface area contributed by atoms with E-state index in [4.69, 9.17) is 16.6 Å². The summed E-state index contributed by atoms with van der Waals surface area (Å²) in [5.41, 5.74) is 2.62. The lowest BCUT2D eigenvalue weighted by Crippen LogP contribution is -2.48. The lowest BCUT2D eigenvalue weighted by molar-refractivity contribution is 0.219. The quantitative estimate of drug-likeness (QED) is 0.762. The zero-order valence-corrected chi connectivity index (χ0v) is 18.0. The van der Waals surface area contributed by atoms with E-state index in [9.17, 15) is 8.42 Å². The molecule has 1 aliphatic carbocycles. The minimum Gasteiger partial charge on any atom is -0.347 e. The van der Waals surface area contributed by atoms with Crippen LogP contribution in [0.4, 0.5) is 5.95 Å². The summed E-state index contributed by atoms with van der Waals surface area (Å²) in [5, 5.41) is 0.546. The molecule has 2 heterocycles. The van der Waals surface area contributed by atoms with Crippen LogP contribution in [0, 0.1) is 6.92 Å². The van der Waals surface area contributed by atoms with Crippen molar-refractivity contribution in [1.82, 2.24) is 14.3 Å². The average molecular weight is 421 g/mol. The van der Waals surface area contributed by atoms with Gasteiger partial charge in [-0.1, -0.05) is 11.6 Å². The van der Waals surface area contributed by atoms with Gasteiger partial charge < -0.3 is 4.90 Å². The Hall–Kier alpha value is -1.70. The Bertz CT molecular complexity index is 1020. The lowest BCUT2D eigenvalue weighted by atomic mass is 9.78. The zero-order valence-electron chi connectivity index (χ0n) is 16.4. The molecule has 2 aromatic rings. The summed E-state index contributed by atoms with van der Waals surface area (Å²) in [6, 6.07) is 4.96. The summed E-state index contributed by atoms with van der Waals surface area (Å²) < 4.78 is 28.4. The van der Waals surface area contributed by atoms with E-state index in [1.165, 1.54) is 0 Å². The first-order valence-electron chi connectivity index (χ1n) is 9.53. The molecule has 1 spiro atoms. The highest BCUT2D eigenvalue weighted by molar-refractivity contribution is 7.89. The topological polar surface area (TPSA) is 66.4 Å². The molecule has 1 atom stereocenters. The number of hydrogen-bond acceptors (Lipinski definition) is 5. The highest BCUT2D eigenvalue weighted by Crippen LogP contribution is 2.45. The molecule has 2 aliphatic rings. The fourth-order valence-electron chi connectivity index (χ4n) is 4.48. The summed E-state index contributed by atoms with van der Waals surface area (Å²) in [6.45, 7) is 2.79. The predicted octanol–water partition coefficient (Wildman–Crippen LogP) is 3.17. The molecular formula is C20H25ClN4O2S. The number of fused-ring (bicyclic) bond motifs is 2. The van der Waals surface area contributed by atoms with Gasteiger partial charge in [0.1, 0.15) is 0 Å². The van der Waals surface area contributed by atoms with Crippen LogP contribution in [-0.2, 0) is 21.9 Å². The first-order valence-corrected chi connectivity index (χ1v) is 11.3. The van der Waals surface area contributed by atoms with E-state index < -0.39 is 10.0 Å². The van der Waals surface area contributed by atoms with Crippen molar-refractivity contribution < 1.29 is 8.42 Å². The van der Waals surface area contributed by atoms with Crippen LogP contribution in [0.15, 0.2) is 29.3 Å². The average Bonchev–Trinajstić information content (AvgIpc) is 2.99. The van der Waals surface area contributed by atoms with Gasteiger partial charge >= 0.3 is 0 Å². The van der Waals surface area contributed by atoms with E-state index >= 15 is 0 Å². The van der Waals surface area contributed by atoms with Gasteiger partial charge in [0.2, 0.25) is 16.0 Å². The second-order valence-electron chi connectivity index (χ2n) is 8.07. The Morgan fingerprint density at radius 2 is 2.04 bits per heavy atom. The molecule has 0 saturated carbocycles. The number of sulfonamides is 1. The molecule has 1 fully saturated rings. The Labute approximate surface area is 171 Å². The van der Waals surface area contributed by atoms with Crippen LogP contribution in [0.2, 0.25) is 5.02 Å². The SMILES string of the molecule is Cc1cc(Cl)ccc1S(=O)(=O)N1CCCC2(CCc3cnc(N(C)C)nc32)C1. The first kappa shape index (κ1) is 19.6. The normalized spacial score (nSPS) is 22.4. The largest absolute Gasteiger partial charge is 0.347 e. The van der Waals surface area contributed by atoms with Crippen molar-refractivity contribution in [2.24, 2.45) is 0 Å². The standard InChI is InChI=1S/C20H25ClN4O2S/c1-14-11-16(21)5-6-17(14)28(26,27)25-10-4-8-20(13-25)9-7-15-12-22-19(24(2)3)23-18(15)20/h5-6,11-12H,4,7-10,13H2,1-3H3. The Morgan fingerprint density at radius 1 is 1.25 bits per heavy atom. The van der Waals surface area contributed by atoms with Gasteiger partial charge in [-0.3, -0.25) is 0 Å². The lowest BCUT2D eigenvalue weighted by Gasteiger charge is -2.40. The molecule has 8 heteroatoms. The molecular weight excluding hydrogens is 396 g/mol. The number of rotatable bonds is 3. The van der Waals surface area contributed by atoms with Crippen molar-refractivity contribution in [1.29, 1.82) is 0 Å². The van der Waals surface area contributed by atoms with Crippen LogP contribution in [0.1, 0.15) is 36.1 Å². The van der Waals surface area contributed by atoms with Crippen molar-refractivity contribution in [3.63, 3.8) is 0 Å². The van der Waals surface area contributed by atoms with Crippen LogP contribution in [0.5, 0.6) is 0 Å². The molecule has 4 rings (SSSR count). The number of nitrogens with zero attached hydrogens (tertiary/aromatic N) is 4. The molecule has 0 bridgehead atoms. The fraction of sp³-hybridized carbons (Fsp3) is 0.500. The third kappa shape index (κ3) is 3.19. The number of anilines is 1. The maximum absolute atomic E-state index is 13.4. The number of hydrogen-bond donors (Lipinski definition) is 0. The van der Waals surface area contributed by atoms with Crippen molar-refractivity contribution in [3.05, 3.63) is 46.2 Å². The monoisotopic (exact) mass is 420 g/mol. The predicted molar refractivity (Wildman–Crippen MR) is 111 cm³/mol. The third-order valence-electron chi connectivity index (χ3n) is 5.92. The van der Waals surface area contributed by atoms with Crippen LogP contribution in [0.25, 0.3) is 0 Å². The number of aryl methyl sites for hydroxylation is 2. The summed E-state index contributed by atoms with van der Waals surface area (Å²) >= 11 is 6.02. The molecule has 28 heavy (non-hydrogen) atoms. The summed E-state index contributed by atoms with van der Waals surface area (Å²) in [6.07, 6.45) is 5.50. The number of halogens is 1. The van der Waals surface area contributed by atoms with Gasteiger partial charge in [0.05, 0.1) is 10.6 Å². The summed E-state index contributed by atoms with van der Waals surface area (Å²) in [4.78, 5) is 11.5. The van der Waals surface area contributed by atoms with E-state index in [1.807, 2.05) is 25.2 Å². The first-order chi connectivity index (χ1) is 13.2. The van der Waals surface area contributed by atoms with Gasteiger partial charge in [0, 0.05) is 43.8 Å². The second kappa shape index (κ2) is 6.97. The highest BCUT2D eigenvalue weighted by atomic mass is 35.5. The van der Waals surface area contributed by atoms with Crippen LogP contribution in [-0.4, -0.2) is 49.9 Å². The molecule has 1 aromatic heterocycles. The van der Waals surface area contributed by atoms with Gasteiger partial charge in [0.25, 0.3) is 0 Å². The molecule has 0 N–H and O–H groups in total. The Kier molecular flexibility index (Phi) is 4.88. The molecule has 6 nitrogen and oxygen atoms in total. The van der Waals surface area contributed by atoms with Gasteiger partial charge in [-0.25, -0.2) is 18.4 Å². The maximum atomic E-state index is 13.4. The number of aromatic nitrogens is 2. The van der Waals surface area contributed by atoms with Crippen molar-refractivity contribution in [3.8, 4) is 0 Å². The number of benzene rings is 1. The van der Waals surface area contributed by atoms with E-state index in [0.29, 0.717) is 34.5 Å². The zero-order chi connectivity index (χ0) is 20.1. The van der Waals surface area contributed by atoms with E-state index in [1.54, 1.807) is 29.4 Å². The van der Waals surface area contributed by atoms with Gasteiger partial charge in [-0.05, 0) is 61.9 Å². The highest BCUT2D eigenvalue weighted by Gasteiger charge is 2.46. The van der Waals surface area contributed by atoms with Crippen molar-refractivity contribution >= 4 is 27.6 Å². The third-order valence-corrected chi connectivity index (χ3v) is 8.16. The fourth-order valence-corrected chi connectivity index (χ4v) is 6.48. The van der Waals surface area contributed by atoms with Crippen molar-refractivity contribution in [2.75, 3.05) is 32.1 Å². The van der Waals surface area contributed by atoms with E-state index in [0.717, 1.165) is 36.9 Å². The van der Waals surface area contributed by atoms with Crippen molar-refractivity contribution in [2.45, 2.75) is 42.9 Å². The minimum absolute atomic E-state index is 0.227. The second-order valence-corrected chi connectivity index (χ2v) is 10.4. The molecule has 0 radical (unpaired) electrons. The van der Waals surface area contributed by atoms with Crippen LogP contribution >= 0.6 is 11.6 Å². The van der Waals surface area contributed by atoms with Gasteiger partial charge in [-0.15, -0.1) is 0 Å². The van der Waals surface area contributed by atoms with E-state index in [2.05, 4.69) is 4.98 Å². The maximum Gasteiger partial charge on any atom is 0.243 e. The summed E-state index contributed by atoms with van der Waals surface area (Å²) in [5.74, 6) is 0.675. The van der Waals surface area contributed by atoms with Gasteiger partial charge in [-0.2, -0.15) is 4.31 Å². The molecule has 1 unspecified atom stereocenters. The molecule has 1 aliphatic heterocycles.